The van der Waals surface area contributed by atoms with Gasteiger partial charge in [-0.05, 0) is 35.4 Å². The van der Waals surface area contributed by atoms with Gasteiger partial charge in [0.05, 0.1) is 28.9 Å². The Hall–Kier alpha value is -3.49. The maximum absolute atomic E-state index is 13.3. The number of rotatable bonds is 5. The number of ether oxygens (including phenoxy) is 1. The number of para-hydroxylation sites is 1. The van der Waals surface area contributed by atoms with E-state index >= 15 is 0 Å². The third kappa shape index (κ3) is 4.10. The van der Waals surface area contributed by atoms with Crippen LogP contribution >= 0.6 is 23.4 Å². The number of benzene rings is 3. The number of phenols is 1. The predicted octanol–water partition coefficient (Wildman–Crippen LogP) is 4.67. The molecule has 0 unspecified atom stereocenters. The van der Waals surface area contributed by atoms with Crippen molar-refractivity contribution in [3.63, 3.8) is 0 Å². The second kappa shape index (κ2) is 9.04. The number of halogens is 1. The van der Waals surface area contributed by atoms with Crippen LogP contribution in [0.1, 0.15) is 22.9 Å². The number of aryl methyl sites for hydroxylation is 1. The van der Waals surface area contributed by atoms with E-state index in [4.69, 9.17) is 21.4 Å². The lowest BCUT2D eigenvalue weighted by Crippen LogP contribution is -2.55. The molecule has 1 atom stereocenters. The largest absolute Gasteiger partial charge is 0.504 e. The summed E-state index contributed by atoms with van der Waals surface area (Å²) in [5.74, 6) is 0.873. The van der Waals surface area contributed by atoms with Crippen LogP contribution in [0.25, 0.3) is 11.3 Å². The molecule has 0 bridgehead atoms. The molecule has 3 aromatic carbocycles. The van der Waals surface area contributed by atoms with Gasteiger partial charge < -0.3 is 15.2 Å². The third-order valence-electron chi connectivity index (χ3n) is 5.67. The maximum Gasteiger partial charge on any atom is 0.325 e. The molecule has 34 heavy (non-hydrogen) atoms. The summed E-state index contributed by atoms with van der Waals surface area (Å²) < 4.78 is 6.94. The number of aromatic hydroxyl groups is 1. The van der Waals surface area contributed by atoms with Gasteiger partial charge >= 0.3 is 11.3 Å². The van der Waals surface area contributed by atoms with Gasteiger partial charge in [0.1, 0.15) is 0 Å². The van der Waals surface area contributed by atoms with Crippen LogP contribution in [0.5, 0.6) is 11.5 Å². The van der Waals surface area contributed by atoms with Crippen molar-refractivity contribution in [3.05, 3.63) is 92.7 Å². The third-order valence-corrected chi connectivity index (χ3v) is 6.93. The zero-order valence-electron chi connectivity index (χ0n) is 18.5. The molecule has 2 heterocycles. The van der Waals surface area contributed by atoms with Crippen molar-refractivity contribution < 1.29 is 14.5 Å². The number of thioether (sulfide) groups is 1. The first-order chi connectivity index (χ1) is 16.4. The van der Waals surface area contributed by atoms with Crippen LogP contribution < -0.4 is 20.3 Å². The smallest absolute Gasteiger partial charge is 0.325 e. The monoisotopic (exact) mass is 493 g/mol. The number of hydrogen-bond acceptors (Lipinski definition) is 6. The van der Waals surface area contributed by atoms with E-state index in [0.717, 1.165) is 16.8 Å². The summed E-state index contributed by atoms with van der Waals surface area (Å²) in [6, 6.07) is 18.9. The van der Waals surface area contributed by atoms with E-state index in [2.05, 4.69) is 34.6 Å². The first-order valence-corrected chi connectivity index (χ1v) is 12.0. The average molecular weight is 494 g/mol. The lowest BCUT2D eigenvalue weighted by Gasteiger charge is -2.23. The summed E-state index contributed by atoms with van der Waals surface area (Å²) in [5.41, 5.74) is 4.63. The number of fused-ring (bicyclic) bond motifs is 3. The van der Waals surface area contributed by atoms with Crippen molar-refractivity contribution in [2.75, 3.05) is 12.4 Å². The quantitative estimate of drug-likeness (QED) is 0.276. The molecule has 1 aromatic heterocycles. The van der Waals surface area contributed by atoms with Crippen LogP contribution in [0.2, 0.25) is 5.02 Å². The van der Waals surface area contributed by atoms with E-state index in [1.165, 1.54) is 30.5 Å². The second-order valence-electron chi connectivity index (χ2n) is 7.96. The molecular weight excluding hydrogens is 472 g/mol. The average Bonchev–Trinajstić information content (AvgIpc) is 2.83. The minimum absolute atomic E-state index is 0.0640. The Kier molecular flexibility index (Phi) is 5.93. The van der Waals surface area contributed by atoms with E-state index in [1.54, 1.807) is 10.7 Å². The SMILES string of the molecule is COc1cc([C@@H]2Nc3ccccc3-c3c(=O)[nH]c(SCc4ccc(C)cc4)n[n+]32)c(Cl)cc1O. The highest BCUT2D eigenvalue weighted by Gasteiger charge is 2.39. The number of aromatic amines is 1. The standard InChI is InChI=1S/C25H21ClN4O3S/c1-14-7-9-15(10-8-14)13-34-25-28-24(32)22-16-5-3-4-6-19(16)27-23(30(22)29-25)17-11-21(33-2)20(31)12-18(17)26/h3-12,23H,13H2,1-2H3,(H2,28,29,31,32)/p+1/t23-/m1/s1. The highest BCUT2D eigenvalue weighted by Crippen LogP contribution is 2.38. The van der Waals surface area contributed by atoms with Gasteiger partial charge in [-0.2, -0.15) is 0 Å². The molecule has 9 heteroatoms. The molecule has 0 fully saturated rings. The van der Waals surface area contributed by atoms with Gasteiger partial charge in [-0.1, -0.05) is 65.3 Å². The Morgan fingerprint density at radius 3 is 2.71 bits per heavy atom. The molecule has 1 aliphatic rings. The lowest BCUT2D eigenvalue weighted by molar-refractivity contribution is -0.759. The van der Waals surface area contributed by atoms with Crippen molar-refractivity contribution in [1.29, 1.82) is 0 Å². The van der Waals surface area contributed by atoms with Gasteiger partial charge in [0.15, 0.2) is 11.5 Å². The highest BCUT2D eigenvalue weighted by atomic mass is 35.5. The van der Waals surface area contributed by atoms with Crippen LogP contribution in [-0.2, 0) is 5.75 Å². The van der Waals surface area contributed by atoms with E-state index < -0.39 is 6.17 Å². The number of nitrogens with one attached hydrogen (secondary N) is 2. The van der Waals surface area contributed by atoms with E-state index in [0.29, 0.717) is 27.2 Å². The second-order valence-corrected chi connectivity index (χ2v) is 9.34. The Bertz CT molecular complexity index is 1440. The first-order valence-electron chi connectivity index (χ1n) is 10.6. The fraction of sp³-hybridized carbons (Fsp3) is 0.160. The normalized spacial score (nSPS) is 14.1. The number of nitrogens with zero attached hydrogens (tertiary/aromatic N) is 2. The summed E-state index contributed by atoms with van der Waals surface area (Å²) >= 11 is 7.98. The van der Waals surface area contributed by atoms with Gasteiger partial charge in [0.2, 0.25) is 5.16 Å². The number of hydrogen-bond donors (Lipinski definition) is 3. The number of anilines is 1. The van der Waals surface area contributed by atoms with Crippen LogP contribution in [0.15, 0.2) is 70.6 Å². The van der Waals surface area contributed by atoms with Gasteiger partial charge in [0, 0.05) is 16.9 Å². The zero-order chi connectivity index (χ0) is 23.8. The Balaban J connectivity index is 1.61. The predicted molar refractivity (Wildman–Crippen MR) is 133 cm³/mol. The van der Waals surface area contributed by atoms with Crippen molar-refractivity contribution in [1.82, 2.24) is 10.1 Å². The van der Waals surface area contributed by atoms with Crippen LogP contribution in [0.4, 0.5) is 5.69 Å². The van der Waals surface area contributed by atoms with Crippen molar-refractivity contribution in [3.8, 4) is 22.8 Å². The van der Waals surface area contributed by atoms with Crippen molar-refractivity contribution in [2.45, 2.75) is 24.0 Å². The van der Waals surface area contributed by atoms with Gasteiger partial charge in [-0.15, -0.1) is 0 Å². The summed E-state index contributed by atoms with van der Waals surface area (Å²) in [6.07, 6.45) is -0.590. The lowest BCUT2D eigenvalue weighted by atomic mass is 10.0. The summed E-state index contributed by atoms with van der Waals surface area (Å²) in [7, 11) is 1.47. The number of aromatic nitrogens is 3. The molecule has 0 aliphatic carbocycles. The molecule has 172 valence electrons. The van der Waals surface area contributed by atoms with Gasteiger partial charge in [0.25, 0.3) is 6.17 Å². The number of methoxy groups -OCH3 is 1. The molecule has 0 radical (unpaired) electrons. The molecule has 5 rings (SSSR count). The topological polar surface area (TPSA) is 91.1 Å². The molecule has 0 spiro atoms. The van der Waals surface area contributed by atoms with Gasteiger partial charge in [-0.3, -0.25) is 9.78 Å². The van der Waals surface area contributed by atoms with Crippen LogP contribution in [0.3, 0.4) is 0 Å². The first kappa shape index (κ1) is 22.3. The van der Waals surface area contributed by atoms with Crippen molar-refractivity contribution in [2.24, 2.45) is 0 Å². The van der Waals surface area contributed by atoms with Crippen molar-refractivity contribution >= 4 is 29.1 Å². The molecule has 7 nitrogen and oxygen atoms in total. The molecule has 0 amide bonds. The maximum atomic E-state index is 13.3. The van der Waals surface area contributed by atoms with E-state index in [1.807, 2.05) is 31.2 Å². The Morgan fingerprint density at radius 2 is 1.94 bits per heavy atom. The minimum atomic E-state index is -0.590. The summed E-state index contributed by atoms with van der Waals surface area (Å²) in [4.78, 5) is 16.2. The Labute approximate surface area is 205 Å². The summed E-state index contributed by atoms with van der Waals surface area (Å²) in [6.45, 7) is 2.05. The van der Waals surface area contributed by atoms with E-state index in [-0.39, 0.29) is 17.1 Å². The summed E-state index contributed by atoms with van der Waals surface area (Å²) in [5, 5.41) is 19.2. The zero-order valence-corrected chi connectivity index (χ0v) is 20.1. The fourth-order valence-electron chi connectivity index (χ4n) is 3.93. The molecule has 0 saturated heterocycles. The molecular formula is C25H22ClN4O3S+. The Morgan fingerprint density at radius 1 is 1.18 bits per heavy atom. The minimum Gasteiger partial charge on any atom is -0.504 e. The molecule has 0 saturated carbocycles. The van der Waals surface area contributed by atoms with Gasteiger partial charge in [-0.25, -0.2) is 0 Å². The molecule has 4 aromatic rings. The van der Waals surface area contributed by atoms with Crippen LogP contribution in [0, 0.1) is 6.92 Å². The number of H-pyrrole nitrogens is 1. The molecule has 1 aliphatic heterocycles. The number of phenolic OH excluding ortho intramolecular Hbond substituents is 1. The molecule has 3 N–H and O–H groups in total. The van der Waals surface area contributed by atoms with E-state index in [9.17, 15) is 9.90 Å². The van der Waals surface area contributed by atoms with Crippen LogP contribution in [-0.4, -0.2) is 22.3 Å². The highest BCUT2D eigenvalue weighted by molar-refractivity contribution is 7.98. The fourth-order valence-corrected chi connectivity index (χ4v) is 5.00.